The summed E-state index contributed by atoms with van der Waals surface area (Å²) in [4.78, 5) is 22.1. The largest absolute Gasteiger partial charge is 0.469 e. The Morgan fingerprint density at radius 2 is 2.38 bits per heavy atom. The highest BCUT2D eigenvalue weighted by Crippen LogP contribution is 2.00. The highest BCUT2D eigenvalue weighted by Gasteiger charge is 2.27. The van der Waals surface area contributed by atoms with Crippen LogP contribution in [0.15, 0.2) is 0 Å². The first-order valence-corrected chi connectivity index (χ1v) is 4.24. The summed E-state index contributed by atoms with van der Waals surface area (Å²) in [6.07, 6.45) is 0.0923. The van der Waals surface area contributed by atoms with E-state index in [1.54, 1.807) is 0 Å². The van der Waals surface area contributed by atoms with Crippen molar-refractivity contribution in [1.82, 2.24) is 10.6 Å². The zero-order valence-electron chi connectivity index (χ0n) is 7.79. The average Bonchev–Trinajstić information content (AvgIpc) is 2.09. The molecular weight excluding hydrogens is 172 g/mol. The van der Waals surface area contributed by atoms with Gasteiger partial charge in [-0.25, -0.2) is 0 Å². The number of ether oxygens (including phenoxy) is 1. The van der Waals surface area contributed by atoms with Crippen molar-refractivity contribution in [1.29, 1.82) is 0 Å². The number of piperazine rings is 1. The molecular formula is C8H14N2O3. The quantitative estimate of drug-likeness (QED) is 0.544. The molecule has 0 bridgehead atoms. The van der Waals surface area contributed by atoms with Gasteiger partial charge in [0.1, 0.15) is 0 Å². The molecule has 74 valence electrons. The SMILES string of the molecule is COC(=O)C[C@H]1NC[C@@H](C)NC1=O. The summed E-state index contributed by atoms with van der Waals surface area (Å²) < 4.78 is 4.47. The third-order valence-corrected chi connectivity index (χ3v) is 1.97. The Balaban J connectivity index is 2.42. The molecule has 1 rings (SSSR count). The van der Waals surface area contributed by atoms with Crippen LogP contribution in [0.5, 0.6) is 0 Å². The number of carbonyl (C=O) groups excluding carboxylic acids is 2. The molecule has 1 heterocycles. The monoisotopic (exact) mass is 186 g/mol. The van der Waals surface area contributed by atoms with E-state index < -0.39 is 6.04 Å². The number of rotatable bonds is 2. The topological polar surface area (TPSA) is 67.4 Å². The van der Waals surface area contributed by atoms with E-state index in [9.17, 15) is 9.59 Å². The van der Waals surface area contributed by atoms with Gasteiger partial charge >= 0.3 is 5.97 Å². The highest BCUT2D eigenvalue weighted by molar-refractivity contribution is 5.87. The van der Waals surface area contributed by atoms with Gasteiger partial charge < -0.3 is 15.4 Å². The van der Waals surface area contributed by atoms with Gasteiger partial charge in [-0.2, -0.15) is 0 Å². The smallest absolute Gasteiger partial charge is 0.307 e. The Hall–Kier alpha value is -1.10. The van der Waals surface area contributed by atoms with Crippen LogP contribution in [0.1, 0.15) is 13.3 Å². The summed E-state index contributed by atoms with van der Waals surface area (Å²) in [6.45, 7) is 2.59. The minimum absolute atomic E-state index is 0.0923. The van der Waals surface area contributed by atoms with Crippen molar-refractivity contribution < 1.29 is 14.3 Å². The fraction of sp³-hybridized carbons (Fsp3) is 0.750. The molecule has 0 spiro atoms. The summed E-state index contributed by atoms with van der Waals surface area (Å²) in [5.41, 5.74) is 0. The predicted octanol–water partition coefficient (Wildman–Crippen LogP) is -0.974. The molecule has 0 saturated carbocycles. The van der Waals surface area contributed by atoms with Crippen molar-refractivity contribution in [3.05, 3.63) is 0 Å². The normalized spacial score (nSPS) is 28.0. The third-order valence-electron chi connectivity index (χ3n) is 1.97. The van der Waals surface area contributed by atoms with Crippen LogP contribution in [0.2, 0.25) is 0 Å². The lowest BCUT2D eigenvalue weighted by Gasteiger charge is -2.27. The Morgan fingerprint density at radius 3 is 2.92 bits per heavy atom. The number of nitrogens with one attached hydrogen (secondary N) is 2. The van der Waals surface area contributed by atoms with Crippen molar-refractivity contribution in [2.75, 3.05) is 13.7 Å². The molecule has 2 N–H and O–H groups in total. The molecule has 1 aliphatic rings. The van der Waals surface area contributed by atoms with Gasteiger partial charge in [-0.15, -0.1) is 0 Å². The molecule has 13 heavy (non-hydrogen) atoms. The lowest BCUT2D eigenvalue weighted by molar-refractivity contribution is -0.143. The second kappa shape index (κ2) is 4.23. The molecule has 0 unspecified atom stereocenters. The van der Waals surface area contributed by atoms with Crippen LogP contribution in [-0.4, -0.2) is 37.6 Å². The average molecular weight is 186 g/mol. The van der Waals surface area contributed by atoms with Crippen LogP contribution in [0.3, 0.4) is 0 Å². The van der Waals surface area contributed by atoms with Crippen LogP contribution < -0.4 is 10.6 Å². The molecule has 1 saturated heterocycles. The number of amides is 1. The maximum absolute atomic E-state index is 11.3. The fourth-order valence-electron chi connectivity index (χ4n) is 1.22. The molecule has 1 amide bonds. The van der Waals surface area contributed by atoms with E-state index in [-0.39, 0.29) is 24.3 Å². The Bertz CT molecular complexity index is 217. The van der Waals surface area contributed by atoms with Crippen LogP contribution in [0.25, 0.3) is 0 Å². The number of methoxy groups -OCH3 is 1. The van der Waals surface area contributed by atoms with Gasteiger partial charge in [-0.1, -0.05) is 0 Å². The zero-order valence-corrected chi connectivity index (χ0v) is 7.79. The van der Waals surface area contributed by atoms with Crippen molar-refractivity contribution >= 4 is 11.9 Å². The molecule has 0 aromatic rings. The number of hydrogen-bond acceptors (Lipinski definition) is 4. The summed E-state index contributed by atoms with van der Waals surface area (Å²) in [5.74, 6) is -0.508. The van der Waals surface area contributed by atoms with Crippen LogP contribution in [0, 0.1) is 0 Å². The lowest BCUT2D eigenvalue weighted by Crippen LogP contribution is -2.57. The van der Waals surface area contributed by atoms with Crippen LogP contribution in [-0.2, 0) is 14.3 Å². The molecule has 0 aliphatic carbocycles. The third kappa shape index (κ3) is 2.69. The van der Waals surface area contributed by atoms with E-state index in [1.807, 2.05) is 6.92 Å². The molecule has 5 heteroatoms. The van der Waals surface area contributed by atoms with E-state index in [0.29, 0.717) is 6.54 Å². The van der Waals surface area contributed by atoms with Gasteiger partial charge in [0.25, 0.3) is 0 Å². The Kier molecular flexibility index (Phi) is 3.25. The molecule has 1 fully saturated rings. The number of hydrogen-bond donors (Lipinski definition) is 2. The number of esters is 1. The first kappa shape index (κ1) is 9.98. The zero-order chi connectivity index (χ0) is 9.84. The molecule has 2 atom stereocenters. The summed E-state index contributed by atoms with van der Waals surface area (Å²) in [6, 6.07) is -0.315. The van der Waals surface area contributed by atoms with E-state index >= 15 is 0 Å². The van der Waals surface area contributed by atoms with Crippen LogP contribution >= 0.6 is 0 Å². The Labute approximate surface area is 76.8 Å². The van der Waals surface area contributed by atoms with Gasteiger partial charge in [-0.3, -0.25) is 9.59 Å². The van der Waals surface area contributed by atoms with Gasteiger partial charge in [0.05, 0.1) is 19.6 Å². The number of carbonyl (C=O) groups is 2. The summed E-state index contributed by atoms with van der Waals surface area (Å²) >= 11 is 0. The van der Waals surface area contributed by atoms with Gasteiger partial charge in [0.15, 0.2) is 0 Å². The van der Waals surface area contributed by atoms with E-state index in [0.717, 1.165) is 0 Å². The summed E-state index contributed by atoms with van der Waals surface area (Å²) in [7, 11) is 1.31. The van der Waals surface area contributed by atoms with Crippen molar-refractivity contribution in [2.45, 2.75) is 25.4 Å². The van der Waals surface area contributed by atoms with E-state index in [4.69, 9.17) is 0 Å². The maximum atomic E-state index is 11.3. The minimum atomic E-state index is -0.441. The maximum Gasteiger partial charge on any atom is 0.307 e. The van der Waals surface area contributed by atoms with Crippen molar-refractivity contribution in [3.8, 4) is 0 Å². The van der Waals surface area contributed by atoms with E-state index in [2.05, 4.69) is 15.4 Å². The van der Waals surface area contributed by atoms with Crippen LogP contribution in [0.4, 0.5) is 0 Å². The second-order valence-electron chi connectivity index (χ2n) is 3.15. The second-order valence-corrected chi connectivity index (χ2v) is 3.15. The Morgan fingerprint density at radius 1 is 1.69 bits per heavy atom. The van der Waals surface area contributed by atoms with E-state index in [1.165, 1.54) is 7.11 Å². The van der Waals surface area contributed by atoms with Crippen molar-refractivity contribution in [3.63, 3.8) is 0 Å². The summed E-state index contributed by atoms with van der Waals surface area (Å²) in [5, 5.41) is 5.72. The molecule has 1 aliphatic heterocycles. The fourth-order valence-corrected chi connectivity index (χ4v) is 1.22. The molecule has 0 radical (unpaired) electrons. The van der Waals surface area contributed by atoms with Gasteiger partial charge in [0.2, 0.25) is 5.91 Å². The molecule has 0 aromatic heterocycles. The lowest BCUT2D eigenvalue weighted by atomic mass is 10.1. The highest BCUT2D eigenvalue weighted by atomic mass is 16.5. The predicted molar refractivity (Wildman–Crippen MR) is 46.0 cm³/mol. The minimum Gasteiger partial charge on any atom is -0.469 e. The van der Waals surface area contributed by atoms with Gasteiger partial charge in [0, 0.05) is 12.6 Å². The first-order chi connectivity index (χ1) is 6.13. The van der Waals surface area contributed by atoms with Crippen molar-refractivity contribution in [2.24, 2.45) is 0 Å². The first-order valence-electron chi connectivity index (χ1n) is 4.24. The van der Waals surface area contributed by atoms with Gasteiger partial charge in [-0.05, 0) is 6.92 Å². The molecule has 5 nitrogen and oxygen atoms in total. The molecule has 0 aromatic carbocycles. The standard InChI is InChI=1S/C8H14N2O3/c1-5-4-9-6(8(12)10-5)3-7(11)13-2/h5-6,9H,3-4H2,1-2H3,(H,10,12)/t5-,6-/m1/s1.